The highest BCUT2D eigenvalue weighted by molar-refractivity contribution is 8.00. The third kappa shape index (κ3) is 3.54. The first-order chi connectivity index (χ1) is 12.8. The van der Waals surface area contributed by atoms with E-state index in [0.717, 1.165) is 16.7 Å². The molecule has 27 heavy (non-hydrogen) atoms. The number of carbonyl (C=O) groups excluding carboxylic acids is 2. The Kier molecular flexibility index (Phi) is 4.95. The van der Waals surface area contributed by atoms with Gasteiger partial charge in [0.2, 0.25) is 11.8 Å². The summed E-state index contributed by atoms with van der Waals surface area (Å²) in [6.45, 7) is 1.67. The van der Waals surface area contributed by atoms with E-state index < -0.39 is 28.0 Å². The number of hydrogen-bond acceptors (Lipinski definition) is 6. The second-order valence-corrected chi connectivity index (χ2v) is 7.17. The number of nitro benzene ring substituents is 1. The fourth-order valence-corrected chi connectivity index (χ4v) is 4.00. The first-order valence-corrected chi connectivity index (χ1v) is 8.78. The molecule has 138 valence electrons. The Labute approximate surface area is 157 Å². The first kappa shape index (κ1) is 18.6. The maximum absolute atomic E-state index is 12.8. The topological polar surface area (TPSA) is 118 Å². The number of nitro groups is 1. The molecule has 1 fully saturated rings. The number of carboxylic acid groups (broad SMARTS) is 1. The van der Waals surface area contributed by atoms with E-state index in [4.69, 9.17) is 0 Å². The number of amides is 2. The fraction of sp³-hybridized carbons (Fsp3) is 0.167. The molecule has 2 aromatic carbocycles. The summed E-state index contributed by atoms with van der Waals surface area (Å²) in [5.74, 6) is -2.30. The molecule has 9 heteroatoms. The predicted octanol–water partition coefficient (Wildman–Crippen LogP) is 3.03. The van der Waals surface area contributed by atoms with Crippen molar-refractivity contribution in [1.82, 2.24) is 0 Å². The summed E-state index contributed by atoms with van der Waals surface area (Å²) in [4.78, 5) is 48.4. The third-order valence-corrected chi connectivity index (χ3v) is 5.32. The number of aromatic carboxylic acids is 1. The zero-order chi connectivity index (χ0) is 19.7. The molecule has 1 heterocycles. The molecular formula is C18H14N2O6S. The number of hydrogen-bond donors (Lipinski definition) is 1. The van der Waals surface area contributed by atoms with E-state index in [1.807, 2.05) is 0 Å². The molecule has 2 aromatic rings. The van der Waals surface area contributed by atoms with Crippen LogP contribution in [-0.2, 0) is 9.59 Å². The van der Waals surface area contributed by atoms with Gasteiger partial charge in [-0.2, -0.15) is 0 Å². The molecule has 3 rings (SSSR count). The van der Waals surface area contributed by atoms with Crippen molar-refractivity contribution in [1.29, 1.82) is 0 Å². The number of benzene rings is 2. The van der Waals surface area contributed by atoms with Crippen molar-refractivity contribution in [3.8, 4) is 0 Å². The normalized spacial score (nSPS) is 16.6. The lowest BCUT2D eigenvalue weighted by molar-refractivity contribution is -0.384. The molecule has 1 N–H and O–H groups in total. The highest BCUT2D eigenvalue weighted by atomic mass is 32.2. The van der Waals surface area contributed by atoms with Crippen LogP contribution in [0.5, 0.6) is 0 Å². The summed E-state index contributed by atoms with van der Waals surface area (Å²) in [5, 5.41) is 19.7. The predicted molar refractivity (Wildman–Crippen MR) is 98.0 cm³/mol. The van der Waals surface area contributed by atoms with Gasteiger partial charge in [0.25, 0.3) is 5.69 Å². The molecule has 2 amide bonds. The highest BCUT2D eigenvalue weighted by Crippen LogP contribution is 2.38. The molecule has 0 unspecified atom stereocenters. The smallest absolute Gasteiger partial charge is 0.336 e. The van der Waals surface area contributed by atoms with Gasteiger partial charge >= 0.3 is 5.97 Å². The minimum absolute atomic E-state index is 0.0301. The number of anilines is 1. The van der Waals surface area contributed by atoms with Gasteiger partial charge in [0.1, 0.15) is 5.69 Å². The van der Waals surface area contributed by atoms with Gasteiger partial charge in [-0.1, -0.05) is 18.2 Å². The van der Waals surface area contributed by atoms with Crippen molar-refractivity contribution in [2.75, 3.05) is 4.90 Å². The summed E-state index contributed by atoms with van der Waals surface area (Å²) >= 11 is 0.971. The van der Waals surface area contributed by atoms with Gasteiger partial charge in [0.15, 0.2) is 0 Å². The van der Waals surface area contributed by atoms with Crippen LogP contribution in [0.3, 0.4) is 0 Å². The largest absolute Gasteiger partial charge is 0.478 e. The SMILES string of the molecule is Cc1ccc(N2C(=O)C[C@H](Sc3ccccc3C(=O)O)C2=O)c([N+](=O)[O-])c1. The number of carboxylic acids is 1. The summed E-state index contributed by atoms with van der Waals surface area (Å²) in [5.41, 5.74) is 0.261. The summed E-state index contributed by atoms with van der Waals surface area (Å²) in [6, 6.07) is 10.4. The summed E-state index contributed by atoms with van der Waals surface area (Å²) in [7, 11) is 0. The van der Waals surface area contributed by atoms with Gasteiger partial charge in [-0.05, 0) is 30.7 Å². The fourth-order valence-electron chi connectivity index (χ4n) is 2.82. The maximum atomic E-state index is 12.8. The second kappa shape index (κ2) is 7.20. The average molecular weight is 386 g/mol. The molecule has 0 aliphatic carbocycles. The van der Waals surface area contributed by atoms with Gasteiger partial charge in [0.05, 0.1) is 15.7 Å². The molecular weight excluding hydrogens is 372 g/mol. The highest BCUT2D eigenvalue weighted by Gasteiger charge is 2.43. The van der Waals surface area contributed by atoms with Crippen LogP contribution in [-0.4, -0.2) is 33.1 Å². The maximum Gasteiger partial charge on any atom is 0.336 e. The van der Waals surface area contributed by atoms with E-state index in [0.29, 0.717) is 10.5 Å². The van der Waals surface area contributed by atoms with Crippen LogP contribution < -0.4 is 4.90 Å². The molecule has 1 atom stereocenters. The lowest BCUT2D eigenvalue weighted by atomic mass is 10.2. The van der Waals surface area contributed by atoms with Gasteiger partial charge in [-0.15, -0.1) is 11.8 Å². The standard InChI is InChI=1S/C18H14N2O6S/c1-10-6-7-12(13(8-10)20(25)26)19-16(21)9-15(17(19)22)27-14-5-3-2-4-11(14)18(23)24/h2-8,15H,9H2,1H3,(H,23,24)/t15-/m0/s1. The molecule has 0 radical (unpaired) electrons. The van der Waals surface area contributed by atoms with Gasteiger partial charge < -0.3 is 5.11 Å². The number of carbonyl (C=O) groups is 3. The van der Waals surface area contributed by atoms with Crippen molar-refractivity contribution in [2.24, 2.45) is 0 Å². The van der Waals surface area contributed by atoms with E-state index in [1.165, 1.54) is 18.2 Å². The van der Waals surface area contributed by atoms with Crippen molar-refractivity contribution in [3.05, 3.63) is 63.7 Å². The average Bonchev–Trinajstić information content (AvgIpc) is 2.89. The lowest BCUT2D eigenvalue weighted by Gasteiger charge is -2.15. The van der Waals surface area contributed by atoms with Gasteiger partial charge in [-0.3, -0.25) is 19.7 Å². The summed E-state index contributed by atoms with van der Waals surface area (Å²) < 4.78 is 0. The van der Waals surface area contributed by atoms with Crippen molar-refractivity contribution in [3.63, 3.8) is 0 Å². The van der Waals surface area contributed by atoms with Crippen molar-refractivity contribution < 1.29 is 24.4 Å². The van der Waals surface area contributed by atoms with Crippen LogP contribution in [0.2, 0.25) is 0 Å². The number of imide groups is 1. The lowest BCUT2D eigenvalue weighted by Crippen LogP contribution is -2.31. The Morgan fingerprint density at radius 1 is 1.26 bits per heavy atom. The van der Waals surface area contributed by atoms with Crippen molar-refractivity contribution >= 4 is 40.9 Å². The third-order valence-electron chi connectivity index (χ3n) is 4.06. The molecule has 1 saturated heterocycles. The van der Waals surface area contributed by atoms with E-state index in [1.54, 1.807) is 31.2 Å². The van der Waals surface area contributed by atoms with Gasteiger partial charge in [-0.25, -0.2) is 9.69 Å². The van der Waals surface area contributed by atoms with Crippen LogP contribution in [0.4, 0.5) is 11.4 Å². The number of thioether (sulfide) groups is 1. The molecule has 0 spiro atoms. The second-order valence-electron chi connectivity index (χ2n) is 5.93. The Morgan fingerprint density at radius 3 is 2.63 bits per heavy atom. The Balaban J connectivity index is 1.93. The molecule has 0 saturated carbocycles. The molecule has 1 aliphatic rings. The monoisotopic (exact) mass is 386 g/mol. The zero-order valence-electron chi connectivity index (χ0n) is 14.1. The van der Waals surface area contributed by atoms with Crippen molar-refractivity contribution in [2.45, 2.75) is 23.5 Å². The Bertz CT molecular complexity index is 974. The molecule has 8 nitrogen and oxygen atoms in total. The molecule has 0 aromatic heterocycles. The van der Waals surface area contributed by atoms with E-state index in [9.17, 15) is 29.6 Å². The van der Waals surface area contributed by atoms with Crippen LogP contribution in [0.25, 0.3) is 0 Å². The minimum Gasteiger partial charge on any atom is -0.478 e. The van der Waals surface area contributed by atoms with E-state index >= 15 is 0 Å². The first-order valence-electron chi connectivity index (χ1n) is 7.90. The quantitative estimate of drug-likeness (QED) is 0.477. The zero-order valence-corrected chi connectivity index (χ0v) is 14.9. The van der Waals surface area contributed by atoms with Gasteiger partial charge in [0, 0.05) is 17.4 Å². The number of nitrogens with zero attached hydrogens (tertiary/aromatic N) is 2. The van der Waals surface area contributed by atoms with Crippen LogP contribution >= 0.6 is 11.8 Å². The minimum atomic E-state index is -1.14. The molecule has 0 bridgehead atoms. The molecule has 1 aliphatic heterocycles. The van der Waals surface area contributed by atoms with Crippen LogP contribution in [0, 0.1) is 17.0 Å². The van der Waals surface area contributed by atoms with Crippen LogP contribution in [0.15, 0.2) is 47.4 Å². The Morgan fingerprint density at radius 2 is 1.96 bits per heavy atom. The van der Waals surface area contributed by atoms with E-state index in [2.05, 4.69) is 0 Å². The summed E-state index contributed by atoms with van der Waals surface area (Å²) in [6.07, 6.45) is -0.164. The Hall–Kier alpha value is -3.20. The number of aryl methyl sites for hydroxylation is 1. The van der Waals surface area contributed by atoms with Crippen LogP contribution in [0.1, 0.15) is 22.3 Å². The number of rotatable bonds is 5. The van der Waals surface area contributed by atoms with E-state index in [-0.39, 0.29) is 23.4 Å².